The smallest absolute Gasteiger partial charge is 0.224 e. The molecule has 1 aliphatic heterocycles. The zero-order valence-corrected chi connectivity index (χ0v) is 12.9. The molecular formula is C14H21N3O3S. The molecule has 7 heteroatoms. The maximum Gasteiger partial charge on any atom is 0.224 e. The van der Waals surface area contributed by atoms with Gasteiger partial charge >= 0.3 is 0 Å². The third-order valence-corrected chi connectivity index (χ3v) is 4.67. The van der Waals surface area contributed by atoms with Gasteiger partial charge in [-0.15, -0.1) is 0 Å². The number of hydrogen-bond donors (Lipinski definition) is 2. The average molecular weight is 311 g/mol. The molecule has 1 heterocycles. The molecule has 0 bridgehead atoms. The lowest BCUT2D eigenvalue weighted by Gasteiger charge is -2.16. The Kier molecular flexibility index (Phi) is 4.72. The first-order valence-electron chi connectivity index (χ1n) is 6.99. The minimum atomic E-state index is -3.26. The highest BCUT2D eigenvalue weighted by molar-refractivity contribution is 7.90. The number of carbonyl (C=O) groups is 1. The van der Waals surface area contributed by atoms with Crippen LogP contribution in [0.1, 0.15) is 19.3 Å². The fourth-order valence-corrected chi connectivity index (χ4v) is 3.02. The molecule has 1 aromatic carbocycles. The first kappa shape index (κ1) is 15.6. The van der Waals surface area contributed by atoms with E-state index in [0.29, 0.717) is 24.3 Å². The van der Waals surface area contributed by atoms with Gasteiger partial charge in [-0.25, -0.2) is 8.42 Å². The Hall–Kier alpha value is -1.76. The van der Waals surface area contributed by atoms with Crippen LogP contribution in [0.4, 0.5) is 11.4 Å². The van der Waals surface area contributed by atoms with E-state index in [0.717, 1.165) is 32.2 Å². The number of anilines is 2. The third-order valence-electron chi connectivity index (χ3n) is 3.56. The van der Waals surface area contributed by atoms with E-state index in [4.69, 9.17) is 5.73 Å². The lowest BCUT2D eigenvalue weighted by molar-refractivity contribution is -0.129. The van der Waals surface area contributed by atoms with Crippen LogP contribution in [0.3, 0.4) is 0 Å². The van der Waals surface area contributed by atoms with E-state index >= 15 is 0 Å². The molecule has 1 amide bonds. The lowest BCUT2D eigenvalue weighted by atomic mass is 10.2. The monoisotopic (exact) mass is 311 g/mol. The Bertz CT molecular complexity index is 622. The second-order valence-corrected chi connectivity index (χ2v) is 7.30. The summed E-state index contributed by atoms with van der Waals surface area (Å²) in [5, 5.41) is 3.08. The molecule has 0 unspecified atom stereocenters. The van der Waals surface area contributed by atoms with Crippen molar-refractivity contribution < 1.29 is 13.2 Å². The number of benzene rings is 1. The van der Waals surface area contributed by atoms with E-state index in [9.17, 15) is 13.2 Å². The Morgan fingerprint density at radius 1 is 1.33 bits per heavy atom. The van der Waals surface area contributed by atoms with Crippen molar-refractivity contribution in [2.75, 3.05) is 36.9 Å². The number of amides is 1. The normalized spacial score (nSPS) is 15.2. The predicted molar refractivity (Wildman–Crippen MR) is 82.9 cm³/mol. The summed E-state index contributed by atoms with van der Waals surface area (Å²) < 4.78 is 22.8. The van der Waals surface area contributed by atoms with Crippen LogP contribution < -0.4 is 11.1 Å². The highest BCUT2D eigenvalue weighted by Gasteiger charge is 2.17. The SMILES string of the molecule is CS(=O)(=O)c1ccc(NCCC(=O)N2CCCC2)c(N)c1. The summed E-state index contributed by atoms with van der Waals surface area (Å²) in [5.41, 5.74) is 6.85. The molecule has 1 aromatic rings. The number of nitrogens with zero attached hydrogens (tertiary/aromatic N) is 1. The highest BCUT2D eigenvalue weighted by Crippen LogP contribution is 2.22. The fraction of sp³-hybridized carbons (Fsp3) is 0.500. The molecule has 1 saturated heterocycles. The second kappa shape index (κ2) is 6.34. The number of rotatable bonds is 5. The van der Waals surface area contributed by atoms with Crippen molar-refractivity contribution in [1.29, 1.82) is 0 Å². The van der Waals surface area contributed by atoms with Crippen molar-refractivity contribution in [1.82, 2.24) is 4.90 Å². The predicted octanol–water partition coefficient (Wildman–Crippen LogP) is 1.10. The molecule has 1 aliphatic rings. The van der Waals surface area contributed by atoms with Gasteiger partial charge in [0.1, 0.15) is 0 Å². The van der Waals surface area contributed by atoms with Gasteiger partial charge in [-0.2, -0.15) is 0 Å². The zero-order valence-electron chi connectivity index (χ0n) is 12.1. The summed E-state index contributed by atoms with van der Waals surface area (Å²) in [6.45, 7) is 2.19. The van der Waals surface area contributed by atoms with Crippen molar-refractivity contribution in [3.8, 4) is 0 Å². The zero-order chi connectivity index (χ0) is 15.5. The van der Waals surface area contributed by atoms with E-state index in [-0.39, 0.29) is 10.8 Å². The fourth-order valence-electron chi connectivity index (χ4n) is 2.36. The molecule has 0 spiro atoms. The van der Waals surface area contributed by atoms with Crippen LogP contribution in [0, 0.1) is 0 Å². The maximum atomic E-state index is 11.9. The quantitative estimate of drug-likeness (QED) is 0.794. The van der Waals surface area contributed by atoms with Crippen LogP contribution >= 0.6 is 0 Å². The van der Waals surface area contributed by atoms with E-state index in [1.807, 2.05) is 4.90 Å². The Labute approximate surface area is 125 Å². The summed E-state index contributed by atoms with van der Waals surface area (Å²) in [7, 11) is -3.26. The molecule has 3 N–H and O–H groups in total. The Balaban J connectivity index is 1.90. The number of nitrogens with one attached hydrogen (secondary N) is 1. The molecule has 1 fully saturated rings. The minimum absolute atomic E-state index is 0.145. The summed E-state index contributed by atoms with van der Waals surface area (Å²) in [6.07, 6.45) is 3.72. The van der Waals surface area contributed by atoms with Crippen molar-refractivity contribution in [3.05, 3.63) is 18.2 Å². The van der Waals surface area contributed by atoms with Crippen LogP contribution in [-0.2, 0) is 14.6 Å². The lowest BCUT2D eigenvalue weighted by Crippen LogP contribution is -2.29. The largest absolute Gasteiger partial charge is 0.397 e. The van der Waals surface area contributed by atoms with E-state index in [2.05, 4.69) is 5.32 Å². The van der Waals surface area contributed by atoms with E-state index in [1.165, 1.54) is 12.1 Å². The molecule has 0 aromatic heterocycles. The van der Waals surface area contributed by atoms with Gasteiger partial charge < -0.3 is 16.0 Å². The van der Waals surface area contributed by atoms with Crippen LogP contribution in [0.2, 0.25) is 0 Å². The number of carbonyl (C=O) groups excluding carboxylic acids is 1. The number of sulfone groups is 1. The standard InChI is InChI=1S/C14H21N3O3S/c1-21(19,20)11-4-5-13(12(15)10-11)16-7-6-14(18)17-8-2-3-9-17/h4-5,10,16H,2-3,6-9,15H2,1H3. The average Bonchev–Trinajstić information content (AvgIpc) is 2.93. The summed E-state index contributed by atoms with van der Waals surface area (Å²) in [4.78, 5) is 13.9. The van der Waals surface area contributed by atoms with Crippen LogP contribution in [0.5, 0.6) is 0 Å². The Morgan fingerprint density at radius 3 is 2.57 bits per heavy atom. The van der Waals surface area contributed by atoms with Gasteiger partial charge in [0.2, 0.25) is 5.91 Å². The molecule has 0 saturated carbocycles. The number of hydrogen-bond acceptors (Lipinski definition) is 5. The molecule has 21 heavy (non-hydrogen) atoms. The minimum Gasteiger partial charge on any atom is -0.397 e. The van der Waals surface area contributed by atoms with E-state index < -0.39 is 9.84 Å². The third kappa shape index (κ3) is 4.10. The number of nitrogens with two attached hydrogens (primary N) is 1. The van der Waals surface area contributed by atoms with Gasteiger partial charge in [0.15, 0.2) is 9.84 Å². The number of nitrogen functional groups attached to an aromatic ring is 1. The van der Waals surface area contributed by atoms with E-state index in [1.54, 1.807) is 6.07 Å². The van der Waals surface area contributed by atoms with Gasteiger partial charge in [-0.05, 0) is 31.0 Å². The molecule has 2 rings (SSSR count). The molecule has 6 nitrogen and oxygen atoms in total. The molecular weight excluding hydrogens is 290 g/mol. The molecule has 0 atom stereocenters. The van der Waals surface area contributed by atoms with Crippen molar-refractivity contribution >= 4 is 27.1 Å². The van der Waals surface area contributed by atoms with Gasteiger partial charge in [0, 0.05) is 32.3 Å². The van der Waals surface area contributed by atoms with Crippen LogP contribution in [-0.4, -0.2) is 45.1 Å². The first-order valence-corrected chi connectivity index (χ1v) is 8.88. The number of likely N-dealkylation sites (tertiary alicyclic amines) is 1. The molecule has 0 radical (unpaired) electrons. The van der Waals surface area contributed by atoms with Crippen molar-refractivity contribution in [3.63, 3.8) is 0 Å². The summed E-state index contributed by atoms with van der Waals surface area (Å²) in [6, 6.07) is 4.57. The molecule has 116 valence electrons. The van der Waals surface area contributed by atoms with Gasteiger partial charge in [0.05, 0.1) is 16.3 Å². The second-order valence-electron chi connectivity index (χ2n) is 5.29. The summed E-state index contributed by atoms with van der Waals surface area (Å²) >= 11 is 0. The van der Waals surface area contributed by atoms with Gasteiger partial charge in [-0.3, -0.25) is 4.79 Å². The molecule has 0 aliphatic carbocycles. The van der Waals surface area contributed by atoms with Crippen LogP contribution in [0.15, 0.2) is 23.1 Å². The topological polar surface area (TPSA) is 92.5 Å². The highest BCUT2D eigenvalue weighted by atomic mass is 32.2. The summed E-state index contributed by atoms with van der Waals surface area (Å²) in [5.74, 6) is 0.145. The van der Waals surface area contributed by atoms with Crippen molar-refractivity contribution in [2.24, 2.45) is 0 Å². The van der Waals surface area contributed by atoms with Crippen molar-refractivity contribution in [2.45, 2.75) is 24.2 Å². The van der Waals surface area contributed by atoms with Gasteiger partial charge in [0.25, 0.3) is 0 Å². The Morgan fingerprint density at radius 2 is 2.00 bits per heavy atom. The van der Waals surface area contributed by atoms with Gasteiger partial charge in [-0.1, -0.05) is 0 Å². The first-order chi connectivity index (χ1) is 9.88. The maximum absolute atomic E-state index is 11.9. The van der Waals surface area contributed by atoms with Crippen LogP contribution in [0.25, 0.3) is 0 Å².